The summed E-state index contributed by atoms with van der Waals surface area (Å²) >= 11 is 0. The lowest BCUT2D eigenvalue weighted by Gasteiger charge is -2.20. The van der Waals surface area contributed by atoms with Crippen LogP contribution in [0.5, 0.6) is 5.75 Å². The summed E-state index contributed by atoms with van der Waals surface area (Å²) in [4.78, 5) is 12.0. The number of rotatable bonds is 7. The first-order chi connectivity index (χ1) is 12.5. The molecule has 1 amide bonds. The summed E-state index contributed by atoms with van der Waals surface area (Å²) in [6.07, 6.45) is 0. The standard InChI is InChI=1S/C20H26N2O4S/c1-15-5-7-16(8-6-15)13-21-19(23)14-26-17-9-11-18(12-10-17)27(24,25)22-20(2,3)4/h5-12,22H,13-14H2,1-4H3,(H,21,23). The molecule has 146 valence electrons. The zero-order valence-corrected chi connectivity index (χ0v) is 16.9. The number of hydrogen-bond donors (Lipinski definition) is 2. The predicted molar refractivity (Wildman–Crippen MR) is 105 cm³/mol. The number of sulfonamides is 1. The second-order valence-corrected chi connectivity index (χ2v) is 9.06. The van der Waals surface area contributed by atoms with Gasteiger partial charge in [0.05, 0.1) is 4.90 Å². The maximum absolute atomic E-state index is 12.3. The molecule has 0 saturated heterocycles. The molecule has 0 fully saturated rings. The van der Waals surface area contributed by atoms with Crippen LogP contribution in [0.3, 0.4) is 0 Å². The third-order valence-corrected chi connectivity index (χ3v) is 5.33. The van der Waals surface area contributed by atoms with Crippen molar-refractivity contribution < 1.29 is 17.9 Å². The average Bonchev–Trinajstić information content (AvgIpc) is 2.58. The third-order valence-electron chi connectivity index (χ3n) is 3.55. The summed E-state index contributed by atoms with van der Waals surface area (Å²) in [7, 11) is -3.59. The quantitative estimate of drug-likeness (QED) is 0.761. The summed E-state index contributed by atoms with van der Waals surface area (Å²) in [6.45, 7) is 7.62. The minimum Gasteiger partial charge on any atom is -0.484 e. The predicted octanol–water partition coefficient (Wildman–Crippen LogP) is 2.77. The molecular formula is C20H26N2O4S. The van der Waals surface area contributed by atoms with Gasteiger partial charge in [-0.1, -0.05) is 29.8 Å². The van der Waals surface area contributed by atoms with E-state index in [1.54, 1.807) is 20.8 Å². The fraction of sp³-hybridized carbons (Fsp3) is 0.350. The average molecular weight is 391 g/mol. The molecule has 0 aliphatic rings. The number of amides is 1. The molecule has 0 radical (unpaired) electrons. The normalized spacial score (nSPS) is 11.9. The van der Waals surface area contributed by atoms with E-state index in [0.717, 1.165) is 11.1 Å². The second-order valence-electron chi connectivity index (χ2n) is 7.38. The highest BCUT2D eigenvalue weighted by atomic mass is 32.2. The van der Waals surface area contributed by atoms with E-state index >= 15 is 0 Å². The van der Waals surface area contributed by atoms with Gasteiger partial charge in [0.2, 0.25) is 10.0 Å². The molecule has 0 atom stereocenters. The Bertz CT molecular complexity index is 868. The van der Waals surface area contributed by atoms with E-state index in [-0.39, 0.29) is 17.4 Å². The number of hydrogen-bond acceptors (Lipinski definition) is 4. The van der Waals surface area contributed by atoms with Crippen molar-refractivity contribution in [2.24, 2.45) is 0 Å². The van der Waals surface area contributed by atoms with Crippen molar-refractivity contribution in [1.82, 2.24) is 10.0 Å². The van der Waals surface area contributed by atoms with Gasteiger partial charge in [-0.25, -0.2) is 13.1 Å². The summed E-state index contributed by atoms with van der Waals surface area (Å²) in [6, 6.07) is 13.9. The summed E-state index contributed by atoms with van der Waals surface area (Å²) in [5, 5.41) is 2.78. The number of nitrogens with one attached hydrogen (secondary N) is 2. The van der Waals surface area contributed by atoms with E-state index in [2.05, 4.69) is 10.0 Å². The van der Waals surface area contributed by atoms with Crippen LogP contribution in [-0.4, -0.2) is 26.5 Å². The Morgan fingerprint density at radius 2 is 1.59 bits per heavy atom. The van der Waals surface area contributed by atoms with E-state index in [9.17, 15) is 13.2 Å². The Balaban J connectivity index is 1.85. The first kappa shape index (κ1) is 20.9. The van der Waals surface area contributed by atoms with Crippen molar-refractivity contribution >= 4 is 15.9 Å². The zero-order valence-electron chi connectivity index (χ0n) is 16.1. The van der Waals surface area contributed by atoms with Gasteiger partial charge in [0.1, 0.15) is 5.75 Å². The molecule has 0 spiro atoms. The van der Waals surface area contributed by atoms with Crippen LogP contribution in [0, 0.1) is 6.92 Å². The monoisotopic (exact) mass is 390 g/mol. The van der Waals surface area contributed by atoms with Gasteiger partial charge >= 0.3 is 0 Å². The minimum atomic E-state index is -3.59. The summed E-state index contributed by atoms with van der Waals surface area (Å²) in [5.74, 6) is 0.178. The van der Waals surface area contributed by atoms with Crippen LogP contribution in [0.25, 0.3) is 0 Å². The largest absolute Gasteiger partial charge is 0.484 e. The van der Waals surface area contributed by atoms with Crippen LogP contribution in [-0.2, 0) is 21.4 Å². The lowest BCUT2D eigenvalue weighted by molar-refractivity contribution is -0.123. The molecule has 6 nitrogen and oxygen atoms in total. The Hall–Kier alpha value is -2.38. The van der Waals surface area contributed by atoms with Crippen LogP contribution in [0.15, 0.2) is 53.4 Å². The molecule has 7 heteroatoms. The van der Waals surface area contributed by atoms with Crippen LogP contribution in [0.1, 0.15) is 31.9 Å². The number of carbonyl (C=O) groups is 1. The molecule has 0 aliphatic carbocycles. The molecule has 0 aromatic heterocycles. The van der Waals surface area contributed by atoms with Crippen molar-refractivity contribution in [2.45, 2.75) is 44.7 Å². The van der Waals surface area contributed by atoms with Crippen LogP contribution in [0.2, 0.25) is 0 Å². The van der Waals surface area contributed by atoms with Gasteiger partial charge < -0.3 is 10.1 Å². The molecule has 2 rings (SSSR count). The van der Waals surface area contributed by atoms with Crippen LogP contribution in [0.4, 0.5) is 0 Å². The molecule has 0 unspecified atom stereocenters. The van der Waals surface area contributed by atoms with Gasteiger partial charge in [0.25, 0.3) is 5.91 Å². The lowest BCUT2D eigenvalue weighted by Crippen LogP contribution is -2.40. The van der Waals surface area contributed by atoms with Gasteiger partial charge in [-0.15, -0.1) is 0 Å². The van der Waals surface area contributed by atoms with Crippen LogP contribution >= 0.6 is 0 Å². The van der Waals surface area contributed by atoms with Crippen molar-refractivity contribution in [3.05, 3.63) is 59.7 Å². The van der Waals surface area contributed by atoms with E-state index in [0.29, 0.717) is 12.3 Å². The van der Waals surface area contributed by atoms with Crippen molar-refractivity contribution in [3.8, 4) is 5.75 Å². The topological polar surface area (TPSA) is 84.5 Å². The van der Waals surface area contributed by atoms with Crippen molar-refractivity contribution in [3.63, 3.8) is 0 Å². The first-order valence-corrected chi connectivity index (χ1v) is 10.1. The summed E-state index contributed by atoms with van der Waals surface area (Å²) in [5.41, 5.74) is 1.61. The number of benzene rings is 2. The highest BCUT2D eigenvalue weighted by Gasteiger charge is 2.21. The third kappa shape index (κ3) is 7.03. The molecule has 0 aliphatic heterocycles. The molecule has 2 aromatic carbocycles. The lowest BCUT2D eigenvalue weighted by atomic mass is 10.1. The maximum Gasteiger partial charge on any atom is 0.258 e. The van der Waals surface area contributed by atoms with Gasteiger partial charge in [-0.05, 0) is 57.5 Å². The molecule has 0 bridgehead atoms. The van der Waals surface area contributed by atoms with Crippen LogP contribution < -0.4 is 14.8 Å². The SMILES string of the molecule is Cc1ccc(CNC(=O)COc2ccc(S(=O)(=O)NC(C)(C)C)cc2)cc1. The van der Waals surface area contributed by atoms with Gasteiger partial charge in [0, 0.05) is 12.1 Å². The second kappa shape index (κ2) is 8.54. The van der Waals surface area contributed by atoms with Gasteiger partial charge in [-0.2, -0.15) is 0 Å². The molecule has 0 heterocycles. The minimum absolute atomic E-state index is 0.141. The first-order valence-electron chi connectivity index (χ1n) is 8.64. The highest BCUT2D eigenvalue weighted by molar-refractivity contribution is 7.89. The van der Waals surface area contributed by atoms with E-state index in [1.165, 1.54) is 24.3 Å². The van der Waals surface area contributed by atoms with E-state index < -0.39 is 15.6 Å². The van der Waals surface area contributed by atoms with Gasteiger partial charge in [-0.3, -0.25) is 4.79 Å². The summed E-state index contributed by atoms with van der Waals surface area (Å²) < 4.78 is 32.5. The molecule has 0 saturated carbocycles. The van der Waals surface area contributed by atoms with Gasteiger partial charge in [0.15, 0.2) is 6.61 Å². The molecule has 27 heavy (non-hydrogen) atoms. The fourth-order valence-corrected chi connectivity index (χ4v) is 3.70. The number of carbonyl (C=O) groups excluding carboxylic acids is 1. The number of ether oxygens (including phenoxy) is 1. The maximum atomic E-state index is 12.3. The Morgan fingerprint density at radius 3 is 2.15 bits per heavy atom. The van der Waals surface area contributed by atoms with Crippen molar-refractivity contribution in [1.29, 1.82) is 0 Å². The highest BCUT2D eigenvalue weighted by Crippen LogP contribution is 2.17. The van der Waals surface area contributed by atoms with E-state index in [1.807, 2.05) is 31.2 Å². The Kier molecular flexibility index (Phi) is 6.62. The van der Waals surface area contributed by atoms with E-state index in [4.69, 9.17) is 4.74 Å². The number of aryl methyl sites for hydroxylation is 1. The molecule has 2 aromatic rings. The molecular weight excluding hydrogens is 364 g/mol. The Morgan fingerprint density at radius 1 is 1.00 bits per heavy atom. The zero-order chi connectivity index (χ0) is 20.1. The smallest absolute Gasteiger partial charge is 0.258 e. The van der Waals surface area contributed by atoms with Crippen molar-refractivity contribution in [2.75, 3.05) is 6.61 Å². The molecule has 2 N–H and O–H groups in total. The fourth-order valence-electron chi connectivity index (χ4n) is 2.28. The Labute approximate surface area is 161 Å².